The molecule has 8 nitrogen and oxygen atoms in total. The summed E-state index contributed by atoms with van der Waals surface area (Å²) >= 11 is 0. The Kier molecular flexibility index (Phi) is 7.60. The molecule has 0 atom stereocenters. The van der Waals surface area contributed by atoms with E-state index in [9.17, 15) is 18.0 Å². The second-order valence-electron chi connectivity index (χ2n) is 8.11. The van der Waals surface area contributed by atoms with Crippen molar-refractivity contribution in [3.63, 3.8) is 0 Å². The fourth-order valence-corrected chi connectivity index (χ4v) is 5.19. The van der Waals surface area contributed by atoms with Gasteiger partial charge in [0.15, 0.2) is 0 Å². The molecule has 35 heavy (non-hydrogen) atoms. The van der Waals surface area contributed by atoms with Gasteiger partial charge in [-0.1, -0.05) is 42.0 Å². The molecule has 1 aliphatic rings. The second kappa shape index (κ2) is 10.8. The number of aryl methyl sites for hydroxylation is 1. The Bertz CT molecular complexity index is 1330. The Balaban J connectivity index is 1.45. The Labute approximate surface area is 204 Å². The van der Waals surface area contributed by atoms with Gasteiger partial charge in [0.05, 0.1) is 29.4 Å². The minimum absolute atomic E-state index is 0.120. The number of morpholine rings is 1. The van der Waals surface area contributed by atoms with Gasteiger partial charge in [-0.3, -0.25) is 4.79 Å². The number of carbonyl (C=O) groups is 2. The summed E-state index contributed by atoms with van der Waals surface area (Å²) in [6.45, 7) is 3.08. The largest absolute Gasteiger partial charge is 0.457 e. The Hall–Kier alpha value is -3.53. The van der Waals surface area contributed by atoms with Crippen molar-refractivity contribution in [3.05, 3.63) is 95.1 Å². The van der Waals surface area contributed by atoms with Crippen LogP contribution >= 0.6 is 0 Å². The quantitative estimate of drug-likeness (QED) is 0.504. The second-order valence-corrected chi connectivity index (χ2v) is 10.0. The van der Waals surface area contributed by atoms with Crippen LogP contribution in [0.25, 0.3) is 0 Å². The summed E-state index contributed by atoms with van der Waals surface area (Å²) in [6.07, 6.45) is 0. The molecule has 0 unspecified atom stereocenters. The van der Waals surface area contributed by atoms with Crippen LogP contribution in [0.4, 0.5) is 5.69 Å². The van der Waals surface area contributed by atoms with Crippen LogP contribution in [0.2, 0.25) is 0 Å². The molecule has 1 N–H and O–H groups in total. The standard InChI is InChI=1S/C26H26N2O6S/c1-19-6-4-8-21(16-19)25(29)27-24-11-3-2-10-23(24)26(30)34-18-20-7-5-9-22(17-20)35(31,32)28-12-14-33-15-13-28/h2-11,16-17H,12-15,18H2,1H3,(H,27,29). The van der Waals surface area contributed by atoms with E-state index in [2.05, 4.69) is 5.32 Å². The van der Waals surface area contributed by atoms with Crippen LogP contribution in [0.3, 0.4) is 0 Å². The van der Waals surface area contributed by atoms with Gasteiger partial charge in [-0.05, 0) is 48.9 Å². The number of esters is 1. The summed E-state index contributed by atoms with van der Waals surface area (Å²) in [4.78, 5) is 25.6. The molecule has 182 valence electrons. The number of anilines is 1. The Morgan fingerprint density at radius 3 is 2.49 bits per heavy atom. The zero-order valence-corrected chi connectivity index (χ0v) is 20.1. The highest BCUT2D eigenvalue weighted by Gasteiger charge is 2.26. The molecule has 9 heteroatoms. The predicted octanol–water partition coefficient (Wildman–Crippen LogP) is 3.63. The number of amides is 1. The van der Waals surface area contributed by atoms with Gasteiger partial charge < -0.3 is 14.8 Å². The number of hydrogen-bond acceptors (Lipinski definition) is 6. The van der Waals surface area contributed by atoms with Crippen molar-refractivity contribution in [3.8, 4) is 0 Å². The third kappa shape index (κ3) is 5.94. The van der Waals surface area contributed by atoms with Crippen LogP contribution in [0.15, 0.2) is 77.7 Å². The van der Waals surface area contributed by atoms with Crippen molar-refractivity contribution in [1.29, 1.82) is 0 Å². The van der Waals surface area contributed by atoms with Gasteiger partial charge in [-0.25, -0.2) is 13.2 Å². The van der Waals surface area contributed by atoms with Gasteiger partial charge in [-0.2, -0.15) is 4.31 Å². The first-order valence-corrected chi connectivity index (χ1v) is 12.6. The average Bonchev–Trinajstić information content (AvgIpc) is 2.88. The highest BCUT2D eigenvalue weighted by atomic mass is 32.2. The summed E-state index contributed by atoms with van der Waals surface area (Å²) in [5.74, 6) is -0.971. The van der Waals surface area contributed by atoms with E-state index < -0.39 is 16.0 Å². The maximum Gasteiger partial charge on any atom is 0.340 e. The smallest absolute Gasteiger partial charge is 0.340 e. The number of para-hydroxylation sites is 1. The third-order valence-corrected chi connectivity index (χ3v) is 7.45. The molecule has 3 aromatic rings. The van der Waals surface area contributed by atoms with Crippen molar-refractivity contribution in [2.75, 3.05) is 31.6 Å². The first-order chi connectivity index (χ1) is 16.8. The lowest BCUT2D eigenvalue weighted by Crippen LogP contribution is -2.40. The minimum atomic E-state index is -3.66. The molecule has 0 aromatic heterocycles. The normalized spacial score (nSPS) is 14.3. The molecule has 0 bridgehead atoms. The highest BCUT2D eigenvalue weighted by Crippen LogP contribution is 2.21. The number of ether oxygens (including phenoxy) is 2. The molecule has 3 aromatic carbocycles. The van der Waals surface area contributed by atoms with E-state index in [-0.39, 0.29) is 23.0 Å². The number of sulfonamides is 1. The number of carbonyl (C=O) groups excluding carboxylic acids is 2. The van der Waals surface area contributed by atoms with E-state index in [4.69, 9.17) is 9.47 Å². The number of nitrogens with one attached hydrogen (secondary N) is 1. The van der Waals surface area contributed by atoms with Crippen LogP contribution in [-0.2, 0) is 26.1 Å². The van der Waals surface area contributed by atoms with Crippen LogP contribution < -0.4 is 5.32 Å². The predicted molar refractivity (Wildman–Crippen MR) is 131 cm³/mol. The van der Waals surface area contributed by atoms with Crippen molar-refractivity contribution < 1.29 is 27.5 Å². The Morgan fingerprint density at radius 1 is 0.971 bits per heavy atom. The Morgan fingerprint density at radius 2 is 1.71 bits per heavy atom. The summed E-state index contributed by atoms with van der Waals surface area (Å²) < 4.78 is 37.9. The lowest BCUT2D eigenvalue weighted by molar-refractivity contribution is 0.0473. The lowest BCUT2D eigenvalue weighted by Gasteiger charge is -2.26. The SMILES string of the molecule is Cc1cccc(C(=O)Nc2ccccc2C(=O)OCc2cccc(S(=O)(=O)N3CCOCC3)c2)c1. The van der Waals surface area contributed by atoms with Crippen LogP contribution in [0.1, 0.15) is 31.8 Å². The zero-order chi connectivity index (χ0) is 24.8. The van der Waals surface area contributed by atoms with Crippen molar-refractivity contribution in [1.82, 2.24) is 4.31 Å². The number of rotatable bonds is 7. The molecule has 1 saturated heterocycles. The zero-order valence-electron chi connectivity index (χ0n) is 19.3. The van der Waals surface area contributed by atoms with Crippen molar-refractivity contribution >= 4 is 27.6 Å². The molecule has 1 amide bonds. The van der Waals surface area contributed by atoms with Gasteiger partial charge in [0, 0.05) is 18.7 Å². The minimum Gasteiger partial charge on any atom is -0.457 e. The van der Waals surface area contributed by atoms with E-state index in [1.807, 2.05) is 13.0 Å². The topological polar surface area (TPSA) is 102 Å². The van der Waals surface area contributed by atoms with Gasteiger partial charge in [0.25, 0.3) is 5.91 Å². The molecule has 4 rings (SSSR count). The van der Waals surface area contributed by atoms with Gasteiger partial charge in [0.1, 0.15) is 6.61 Å². The van der Waals surface area contributed by atoms with E-state index in [0.29, 0.717) is 43.1 Å². The molecule has 1 heterocycles. The van der Waals surface area contributed by atoms with Crippen molar-refractivity contribution in [2.24, 2.45) is 0 Å². The molecular weight excluding hydrogens is 468 g/mol. The monoisotopic (exact) mass is 494 g/mol. The maximum atomic E-state index is 12.9. The summed E-state index contributed by atoms with van der Waals surface area (Å²) in [5, 5.41) is 2.76. The molecular formula is C26H26N2O6S. The van der Waals surface area contributed by atoms with Crippen LogP contribution in [0, 0.1) is 6.92 Å². The average molecular weight is 495 g/mol. The number of nitrogens with zero attached hydrogens (tertiary/aromatic N) is 1. The van der Waals surface area contributed by atoms with Gasteiger partial charge in [0.2, 0.25) is 10.0 Å². The third-order valence-electron chi connectivity index (χ3n) is 5.55. The van der Waals surface area contributed by atoms with Crippen molar-refractivity contribution in [2.45, 2.75) is 18.4 Å². The summed E-state index contributed by atoms with van der Waals surface area (Å²) in [7, 11) is -3.66. The fraction of sp³-hybridized carbons (Fsp3) is 0.231. The van der Waals surface area contributed by atoms with E-state index in [1.165, 1.54) is 16.4 Å². The molecule has 1 aliphatic heterocycles. The van der Waals surface area contributed by atoms with E-state index in [0.717, 1.165) is 5.56 Å². The fourth-order valence-electron chi connectivity index (χ4n) is 3.71. The maximum absolute atomic E-state index is 12.9. The first kappa shape index (κ1) is 24.6. The molecule has 0 saturated carbocycles. The van der Waals surface area contributed by atoms with Crippen LogP contribution in [-0.4, -0.2) is 50.9 Å². The van der Waals surface area contributed by atoms with E-state index >= 15 is 0 Å². The summed E-state index contributed by atoms with van der Waals surface area (Å²) in [6, 6.07) is 20.0. The summed E-state index contributed by atoms with van der Waals surface area (Å²) in [5.41, 5.74) is 2.49. The van der Waals surface area contributed by atoms with Gasteiger partial charge in [-0.15, -0.1) is 0 Å². The number of benzene rings is 3. The lowest BCUT2D eigenvalue weighted by atomic mass is 10.1. The van der Waals surface area contributed by atoms with Crippen LogP contribution in [0.5, 0.6) is 0 Å². The first-order valence-electron chi connectivity index (χ1n) is 11.2. The van der Waals surface area contributed by atoms with E-state index in [1.54, 1.807) is 54.6 Å². The molecule has 1 fully saturated rings. The van der Waals surface area contributed by atoms with Gasteiger partial charge >= 0.3 is 5.97 Å². The number of hydrogen-bond donors (Lipinski definition) is 1. The molecule has 0 aliphatic carbocycles. The highest BCUT2D eigenvalue weighted by molar-refractivity contribution is 7.89. The molecule has 0 spiro atoms. The molecule has 0 radical (unpaired) electrons.